The van der Waals surface area contributed by atoms with Crippen molar-refractivity contribution < 1.29 is 28.5 Å². The van der Waals surface area contributed by atoms with Gasteiger partial charge in [0.25, 0.3) is 0 Å². The molecule has 0 amide bonds. The topological polar surface area (TPSA) is 88.9 Å². The van der Waals surface area contributed by atoms with E-state index in [4.69, 9.17) is 23.9 Å². The summed E-state index contributed by atoms with van der Waals surface area (Å²) in [7, 11) is 1.58. The molecule has 0 saturated heterocycles. The third-order valence-corrected chi connectivity index (χ3v) is 10.5. The SMILES string of the molecule is CCCCOC(=O)C(=C(C)OC(=O)OCC1c2cc(C(C)(C)C)ccc2-c2ccc(C(C)(C)C)cc21)C(c1ccccc1OC)n1cnc(-c2ccccc2)c1. The standard InChI is InChI=1S/C48H54N2O6/c1-10-11-25-54-45(51)43(44(37-19-15-16-20-42(37)53-9)50-28-41(49-30-50)32-17-13-12-14-18-32)31(2)56-46(52)55-29-40-38-26-33(47(3,4)5)21-23-35(38)36-24-22-34(27-39(36)40)48(6,7)8/h12-24,26-28,30,40,44H,10-11,25,29H2,1-9H3. The molecule has 0 bridgehead atoms. The van der Waals surface area contributed by atoms with Gasteiger partial charge in [-0.15, -0.1) is 0 Å². The van der Waals surface area contributed by atoms with Gasteiger partial charge in [0.1, 0.15) is 23.7 Å². The summed E-state index contributed by atoms with van der Waals surface area (Å²) in [4.78, 5) is 32.7. The van der Waals surface area contributed by atoms with Gasteiger partial charge in [-0.3, -0.25) is 0 Å². The number of rotatable bonds is 12. The first-order valence-electron chi connectivity index (χ1n) is 19.4. The highest BCUT2D eigenvalue weighted by atomic mass is 16.7. The van der Waals surface area contributed by atoms with Crippen LogP contribution in [0.2, 0.25) is 0 Å². The van der Waals surface area contributed by atoms with Crippen LogP contribution in [-0.4, -0.2) is 42.0 Å². The Hall–Kier alpha value is -5.63. The van der Waals surface area contributed by atoms with E-state index in [1.54, 1.807) is 20.4 Å². The van der Waals surface area contributed by atoms with Gasteiger partial charge in [-0.2, -0.15) is 0 Å². The van der Waals surface area contributed by atoms with Gasteiger partial charge < -0.3 is 23.5 Å². The molecule has 4 aromatic carbocycles. The lowest BCUT2D eigenvalue weighted by Gasteiger charge is -2.25. The Morgan fingerprint density at radius 3 is 2.00 bits per heavy atom. The maximum Gasteiger partial charge on any atom is 0.513 e. The molecule has 0 saturated carbocycles. The molecule has 0 spiro atoms. The van der Waals surface area contributed by atoms with Crippen molar-refractivity contribution in [2.45, 2.75) is 91.0 Å². The zero-order chi connectivity index (χ0) is 40.2. The van der Waals surface area contributed by atoms with Gasteiger partial charge in [-0.05, 0) is 63.6 Å². The first kappa shape index (κ1) is 40.0. The van der Waals surface area contributed by atoms with E-state index < -0.39 is 18.2 Å². The molecule has 292 valence electrons. The monoisotopic (exact) mass is 754 g/mol. The number of carbonyl (C=O) groups excluding carboxylic acids is 2. The average Bonchev–Trinajstić information content (AvgIpc) is 3.78. The molecule has 0 radical (unpaired) electrons. The summed E-state index contributed by atoms with van der Waals surface area (Å²) >= 11 is 0. The minimum absolute atomic E-state index is 0.0552. The fraction of sp³-hybridized carbons (Fsp3) is 0.354. The summed E-state index contributed by atoms with van der Waals surface area (Å²) in [5.41, 5.74) is 9.19. The number of fused-ring (bicyclic) bond motifs is 3. The number of methoxy groups -OCH3 is 1. The van der Waals surface area contributed by atoms with Crippen molar-refractivity contribution >= 4 is 12.1 Å². The van der Waals surface area contributed by atoms with Crippen LogP contribution < -0.4 is 4.74 Å². The van der Waals surface area contributed by atoms with E-state index in [0.29, 0.717) is 23.4 Å². The molecule has 0 aliphatic heterocycles. The van der Waals surface area contributed by atoms with Gasteiger partial charge in [0.2, 0.25) is 0 Å². The highest BCUT2D eigenvalue weighted by molar-refractivity contribution is 5.91. The number of nitrogens with zero attached hydrogens (tertiary/aromatic N) is 2. The Morgan fingerprint density at radius 2 is 1.41 bits per heavy atom. The van der Waals surface area contributed by atoms with Gasteiger partial charge in [0, 0.05) is 23.2 Å². The summed E-state index contributed by atoms with van der Waals surface area (Å²) in [6, 6.07) is 29.6. The minimum Gasteiger partial charge on any atom is -0.496 e. The van der Waals surface area contributed by atoms with Gasteiger partial charge in [0.05, 0.1) is 31.8 Å². The van der Waals surface area contributed by atoms with Crippen LogP contribution in [0.25, 0.3) is 22.4 Å². The second-order valence-electron chi connectivity index (χ2n) is 16.5. The molecule has 1 aliphatic rings. The lowest BCUT2D eigenvalue weighted by atomic mass is 9.83. The van der Waals surface area contributed by atoms with Crippen LogP contribution >= 0.6 is 0 Å². The predicted octanol–water partition coefficient (Wildman–Crippen LogP) is 11.3. The van der Waals surface area contributed by atoms with E-state index in [0.717, 1.165) is 34.2 Å². The number of allylic oxidation sites excluding steroid dienone is 1. The van der Waals surface area contributed by atoms with Crippen molar-refractivity contribution in [1.29, 1.82) is 0 Å². The van der Waals surface area contributed by atoms with E-state index in [9.17, 15) is 9.59 Å². The first-order chi connectivity index (χ1) is 26.7. The largest absolute Gasteiger partial charge is 0.513 e. The maximum atomic E-state index is 14.2. The molecule has 8 nitrogen and oxygen atoms in total. The quantitative estimate of drug-likeness (QED) is 0.0542. The molecule has 1 heterocycles. The van der Waals surface area contributed by atoms with Crippen LogP contribution in [0.5, 0.6) is 5.75 Å². The predicted molar refractivity (Wildman–Crippen MR) is 221 cm³/mol. The molecule has 5 aromatic rings. The van der Waals surface area contributed by atoms with Crippen molar-refractivity contribution in [2.75, 3.05) is 20.3 Å². The number of hydrogen-bond acceptors (Lipinski definition) is 7. The molecular weight excluding hydrogens is 701 g/mol. The number of aromatic nitrogens is 2. The van der Waals surface area contributed by atoms with Gasteiger partial charge in [-0.25, -0.2) is 14.6 Å². The summed E-state index contributed by atoms with van der Waals surface area (Å²) in [5.74, 6) is -0.217. The summed E-state index contributed by atoms with van der Waals surface area (Å²) in [5, 5.41) is 0. The fourth-order valence-electron chi connectivity index (χ4n) is 7.26. The Kier molecular flexibility index (Phi) is 11.9. The number of hydrogen-bond donors (Lipinski definition) is 0. The van der Waals surface area contributed by atoms with Crippen molar-refractivity contribution in [3.05, 3.63) is 143 Å². The fourth-order valence-corrected chi connectivity index (χ4v) is 7.26. The minimum atomic E-state index is -0.912. The molecule has 8 heteroatoms. The molecule has 1 unspecified atom stereocenters. The molecule has 1 aromatic heterocycles. The lowest BCUT2D eigenvalue weighted by molar-refractivity contribution is -0.139. The Balaban J connectivity index is 1.37. The van der Waals surface area contributed by atoms with Crippen LogP contribution in [0.4, 0.5) is 4.79 Å². The number of benzene rings is 4. The molecule has 0 N–H and O–H groups in total. The van der Waals surface area contributed by atoms with E-state index in [2.05, 4.69) is 77.9 Å². The third-order valence-electron chi connectivity index (χ3n) is 10.5. The second-order valence-corrected chi connectivity index (χ2v) is 16.5. The number of esters is 1. The molecule has 1 aliphatic carbocycles. The number of para-hydroxylation sites is 1. The van der Waals surface area contributed by atoms with Crippen molar-refractivity contribution in [1.82, 2.24) is 9.55 Å². The molecule has 0 fully saturated rings. The van der Waals surface area contributed by atoms with Crippen LogP contribution in [0.3, 0.4) is 0 Å². The summed E-state index contributed by atoms with van der Waals surface area (Å²) in [6.07, 6.45) is 4.14. The Bertz CT molecular complexity index is 2160. The molecular formula is C48H54N2O6. The Labute approximate surface area is 331 Å². The molecule has 6 rings (SSSR count). The second kappa shape index (κ2) is 16.6. The third kappa shape index (κ3) is 8.60. The van der Waals surface area contributed by atoms with Crippen LogP contribution in [0.1, 0.15) is 108 Å². The molecule has 1 atom stereocenters. The van der Waals surface area contributed by atoms with E-state index >= 15 is 0 Å². The van der Waals surface area contributed by atoms with Gasteiger partial charge in [-0.1, -0.05) is 140 Å². The number of unbranched alkanes of at least 4 members (excludes halogenated alkanes) is 1. The summed E-state index contributed by atoms with van der Waals surface area (Å²) < 4.78 is 25.4. The smallest absolute Gasteiger partial charge is 0.496 e. The van der Waals surface area contributed by atoms with Crippen LogP contribution in [-0.2, 0) is 29.8 Å². The van der Waals surface area contributed by atoms with Crippen LogP contribution in [0.15, 0.2) is 115 Å². The van der Waals surface area contributed by atoms with E-state index in [-0.39, 0.29) is 41.3 Å². The lowest BCUT2D eigenvalue weighted by Crippen LogP contribution is -2.24. The van der Waals surface area contributed by atoms with Crippen molar-refractivity contribution in [2.24, 2.45) is 0 Å². The average molecular weight is 755 g/mol. The summed E-state index contributed by atoms with van der Waals surface area (Å²) in [6.45, 7) is 17.1. The van der Waals surface area contributed by atoms with Gasteiger partial charge >= 0.3 is 12.1 Å². The Morgan fingerprint density at radius 1 is 0.804 bits per heavy atom. The zero-order valence-electron chi connectivity index (χ0n) is 34.1. The first-order valence-corrected chi connectivity index (χ1v) is 19.4. The normalized spacial score (nSPS) is 13.7. The number of ether oxygens (including phenoxy) is 4. The molecule has 56 heavy (non-hydrogen) atoms. The van der Waals surface area contributed by atoms with E-state index in [1.807, 2.05) is 72.3 Å². The zero-order valence-corrected chi connectivity index (χ0v) is 34.1. The van der Waals surface area contributed by atoms with Crippen molar-refractivity contribution in [3.8, 4) is 28.1 Å². The number of imidazole rings is 1. The van der Waals surface area contributed by atoms with Gasteiger partial charge in [0.15, 0.2) is 0 Å². The highest BCUT2D eigenvalue weighted by Gasteiger charge is 2.35. The number of carbonyl (C=O) groups is 2. The van der Waals surface area contributed by atoms with Crippen LogP contribution in [0, 0.1) is 0 Å². The van der Waals surface area contributed by atoms with E-state index in [1.165, 1.54) is 11.1 Å². The highest BCUT2D eigenvalue weighted by Crippen LogP contribution is 2.47. The maximum absolute atomic E-state index is 14.2. The van der Waals surface area contributed by atoms with Crippen molar-refractivity contribution in [3.63, 3.8) is 0 Å².